The van der Waals surface area contributed by atoms with Crippen molar-refractivity contribution in [2.75, 3.05) is 6.54 Å². The van der Waals surface area contributed by atoms with E-state index in [0.717, 1.165) is 13.0 Å². The summed E-state index contributed by atoms with van der Waals surface area (Å²) in [5.41, 5.74) is 0. The summed E-state index contributed by atoms with van der Waals surface area (Å²) in [5.74, 6) is 0. The van der Waals surface area contributed by atoms with Crippen molar-refractivity contribution in [2.24, 2.45) is 0 Å². The lowest BCUT2D eigenvalue weighted by Gasteiger charge is -2.14. The summed E-state index contributed by atoms with van der Waals surface area (Å²) in [7, 11) is 0. The molecule has 0 heterocycles. The molecular weight excluding hydrogens is 218 g/mol. The van der Waals surface area contributed by atoms with E-state index >= 15 is 0 Å². The number of alkyl halides is 1. The lowest BCUT2D eigenvalue weighted by Crippen LogP contribution is -2.28. The number of hydrogen-bond donors (Lipinski definition) is 1. The zero-order valence-electron chi connectivity index (χ0n) is 11.4. The third-order valence-electron chi connectivity index (χ3n) is 2.95. The summed E-state index contributed by atoms with van der Waals surface area (Å²) in [6, 6.07) is 0.563. The number of hydrogen-bond acceptors (Lipinski definition) is 1. The van der Waals surface area contributed by atoms with Gasteiger partial charge in [-0.2, -0.15) is 0 Å². The Morgan fingerprint density at radius 3 is 2.06 bits per heavy atom. The van der Waals surface area contributed by atoms with Crippen molar-refractivity contribution in [1.82, 2.24) is 5.32 Å². The Bertz CT molecular complexity index is 137. The van der Waals surface area contributed by atoms with Crippen molar-refractivity contribution >= 4 is 11.6 Å². The molecule has 2 unspecified atom stereocenters. The van der Waals surface area contributed by atoms with Crippen molar-refractivity contribution in [3.8, 4) is 0 Å². The minimum atomic E-state index is 0.288. The highest BCUT2D eigenvalue weighted by atomic mass is 35.5. The first-order valence-corrected chi connectivity index (χ1v) is 7.48. The monoisotopic (exact) mass is 247 g/mol. The smallest absolute Gasteiger partial charge is 0.0322 e. The van der Waals surface area contributed by atoms with Crippen molar-refractivity contribution in [2.45, 2.75) is 83.6 Å². The van der Waals surface area contributed by atoms with Crippen LogP contribution in [0.2, 0.25) is 0 Å². The zero-order chi connectivity index (χ0) is 12.2. The van der Waals surface area contributed by atoms with Crippen molar-refractivity contribution < 1.29 is 0 Å². The van der Waals surface area contributed by atoms with Crippen LogP contribution in [0.15, 0.2) is 0 Å². The molecule has 0 spiro atoms. The van der Waals surface area contributed by atoms with Gasteiger partial charge < -0.3 is 5.32 Å². The molecule has 0 saturated heterocycles. The van der Waals surface area contributed by atoms with E-state index in [1.54, 1.807) is 0 Å². The van der Waals surface area contributed by atoms with Gasteiger partial charge in [0.25, 0.3) is 0 Å². The average Bonchev–Trinajstić information content (AvgIpc) is 2.21. The Hall–Kier alpha value is 0.250. The van der Waals surface area contributed by atoms with Gasteiger partial charge in [-0.25, -0.2) is 0 Å². The van der Waals surface area contributed by atoms with Crippen LogP contribution < -0.4 is 5.32 Å². The lowest BCUT2D eigenvalue weighted by atomic mass is 10.1. The molecule has 0 aliphatic rings. The molecule has 0 radical (unpaired) electrons. The van der Waals surface area contributed by atoms with Crippen LogP contribution in [0.4, 0.5) is 0 Å². The fraction of sp³-hybridized carbons (Fsp3) is 1.00. The van der Waals surface area contributed by atoms with Crippen molar-refractivity contribution in [3.05, 3.63) is 0 Å². The molecule has 0 rings (SSSR count). The highest BCUT2D eigenvalue weighted by Crippen LogP contribution is 2.07. The minimum Gasteiger partial charge on any atom is -0.314 e. The second kappa shape index (κ2) is 11.7. The number of unbranched alkanes of at least 4 members (excludes halogenated alkanes) is 6. The van der Waals surface area contributed by atoms with E-state index in [1.807, 2.05) is 0 Å². The molecule has 1 nitrogen and oxygen atoms in total. The van der Waals surface area contributed by atoms with Crippen molar-refractivity contribution in [1.29, 1.82) is 0 Å². The van der Waals surface area contributed by atoms with Gasteiger partial charge in [0.2, 0.25) is 0 Å². The minimum absolute atomic E-state index is 0.288. The molecular formula is C14H30ClN. The largest absolute Gasteiger partial charge is 0.314 e. The molecule has 1 N–H and O–H groups in total. The molecule has 2 atom stereocenters. The Balaban J connectivity index is 3.08. The van der Waals surface area contributed by atoms with E-state index in [9.17, 15) is 0 Å². The Morgan fingerprint density at radius 1 is 0.938 bits per heavy atom. The molecule has 0 amide bonds. The van der Waals surface area contributed by atoms with Crippen LogP contribution in [-0.4, -0.2) is 18.0 Å². The van der Waals surface area contributed by atoms with Crippen molar-refractivity contribution in [3.63, 3.8) is 0 Å². The topological polar surface area (TPSA) is 12.0 Å². The van der Waals surface area contributed by atoms with Gasteiger partial charge in [0.15, 0.2) is 0 Å². The maximum Gasteiger partial charge on any atom is 0.0322 e. The molecule has 2 heteroatoms. The summed E-state index contributed by atoms with van der Waals surface area (Å²) in [6.07, 6.45) is 10.7. The Kier molecular flexibility index (Phi) is 11.9. The second-order valence-electron chi connectivity index (χ2n) is 4.99. The SMILES string of the molecule is CCCCCCCCCNC(C)CC(C)Cl. The third-order valence-corrected chi connectivity index (χ3v) is 3.13. The highest BCUT2D eigenvalue weighted by Gasteiger charge is 2.04. The van der Waals surface area contributed by atoms with Crippen LogP contribution in [0, 0.1) is 0 Å². The van der Waals surface area contributed by atoms with Crippen LogP contribution in [0.3, 0.4) is 0 Å². The van der Waals surface area contributed by atoms with Gasteiger partial charge in [-0.3, -0.25) is 0 Å². The molecule has 0 aromatic rings. The molecule has 0 aliphatic heterocycles. The second-order valence-corrected chi connectivity index (χ2v) is 5.74. The number of rotatable bonds is 11. The van der Waals surface area contributed by atoms with Crippen LogP contribution in [-0.2, 0) is 0 Å². The third kappa shape index (κ3) is 12.3. The van der Waals surface area contributed by atoms with Gasteiger partial charge in [-0.05, 0) is 33.2 Å². The Labute approximate surface area is 107 Å². The summed E-state index contributed by atoms with van der Waals surface area (Å²) >= 11 is 5.94. The summed E-state index contributed by atoms with van der Waals surface area (Å²) in [6.45, 7) is 7.70. The van der Waals surface area contributed by atoms with Gasteiger partial charge >= 0.3 is 0 Å². The normalized spacial score (nSPS) is 15.0. The van der Waals surface area contributed by atoms with Crippen LogP contribution in [0.1, 0.15) is 72.1 Å². The van der Waals surface area contributed by atoms with E-state index in [2.05, 4.69) is 26.1 Å². The first-order chi connectivity index (χ1) is 7.66. The number of halogens is 1. The summed E-state index contributed by atoms with van der Waals surface area (Å²) in [5, 5.41) is 3.82. The zero-order valence-corrected chi connectivity index (χ0v) is 12.2. The first kappa shape index (κ1) is 16.2. The first-order valence-electron chi connectivity index (χ1n) is 7.04. The summed E-state index contributed by atoms with van der Waals surface area (Å²) in [4.78, 5) is 0. The van der Waals surface area contributed by atoms with E-state index in [0.29, 0.717) is 6.04 Å². The van der Waals surface area contributed by atoms with Crippen LogP contribution in [0.25, 0.3) is 0 Å². The molecule has 0 aliphatic carbocycles. The standard InChI is InChI=1S/C14H30ClN/c1-4-5-6-7-8-9-10-11-16-14(3)12-13(2)15/h13-14,16H,4-12H2,1-3H3. The molecule has 0 fully saturated rings. The quantitative estimate of drug-likeness (QED) is 0.411. The predicted molar refractivity (Wildman–Crippen MR) is 75.4 cm³/mol. The van der Waals surface area contributed by atoms with Gasteiger partial charge in [-0.1, -0.05) is 45.4 Å². The fourth-order valence-corrected chi connectivity index (χ4v) is 2.27. The molecule has 0 bridgehead atoms. The summed E-state index contributed by atoms with van der Waals surface area (Å²) < 4.78 is 0. The maximum absolute atomic E-state index is 5.94. The average molecular weight is 248 g/mol. The van der Waals surface area contributed by atoms with Gasteiger partial charge in [-0.15, -0.1) is 11.6 Å². The molecule has 0 aromatic carbocycles. The Morgan fingerprint density at radius 2 is 1.50 bits per heavy atom. The van der Waals surface area contributed by atoms with E-state index < -0.39 is 0 Å². The van der Waals surface area contributed by atoms with E-state index in [-0.39, 0.29) is 5.38 Å². The highest BCUT2D eigenvalue weighted by molar-refractivity contribution is 6.20. The molecule has 0 aromatic heterocycles. The van der Waals surface area contributed by atoms with Crippen LogP contribution >= 0.6 is 11.6 Å². The maximum atomic E-state index is 5.94. The molecule has 98 valence electrons. The van der Waals surface area contributed by atoms with E-state index in [4.69, 9.17) is 11.6 Å². The van der Waals surface area contributed by atoms with Gasteiger partial charge in [0.05, 0.1) is 0 Å². The van der Waals surface area contributed by atoms with Gasteiger partial charge in [0, 0.05) is 11.4 Å². The number of nitrogens with one attached hydrogen (secondary N) is 1. The molecule has 16 heavy (non-hydrogen) atoms. The molecule has 0 saturated carbocycles. The fourth-order valence-electron chi connectivity index (χ4n) is 2.00. The van der Waals surface area contributed by atoms with Crippen LogP contribution in [0.5, 0.6) is 0 Å². The van der Waals surface area contributed by atoms with E-state index in [1.165, 1.54) is 44.9 Å². The lowest BCUT2D eigenvalue weighted by molar-refractivity contribution is 0.488. The predicted octanol–water partition coefficient (Wildman–Crippen LogP) is 4.73. The van der Waals surface area contributed by atoms with Gasteiger partial charge in [0.1, 0.15) is 0 Å².